The summed E-state index contributed by atoms with van der Waals surface area (Å²) in [6, 6.07) is 0. The summed E-state index contributed by atoms with van der Waals surface area (Å²) in [6.07, 6.45) is 0. The molecule has 10 heavy (non-hydrogen) atoms. The summed E-state index contributed by atoms with van der Waals surface area (Å²) in [4.78, 5) is 10.3. The van der Waals surface area contributed by atoms with Crippen molar-refractivity contribution < 1.29 is 9.90 Å². The summed E-state index contributed by atoms with van der Waals surface area (Å²) in [5.41, 5.74) is 0.259. The minimum absolute atomic E-state index is 0.00231. The van der Waals surface area contributed by atoms with Crippen LogP contribution in [0.5, 0.6) is 0 Å². The third-order valence-electron chi connectivity index (χ3n) is 1.38. The van der Waals surface area contributed by atoms with Crippen LogP contribution in [0.15, 0.2) is 12.2 Å². The quantitative estimate of drug-likeness (QED) is 0.563. The number of nitrogens with one attached hydrogen (secondary N) is 1. The predicted molar refractivity (Wildman–Crippen MR) is 39.9 cm³/mol. The van der Waals surface area contributed by atoms with Gasteiger partial charge in [-0.3, -0.25) is 0 Å². The van der Waals surface area contributed by atoms with Crippen molar-refractivity contribution >= 4 is 5.97 Å². The molecule has 0 bridgehead atoms. The molecule has 0 heterocycles. The van der Waals surface area contributed by atoms with E-state index in [4.69, 9.17) is 5.11 Å². The Hall–Kier alpha value is -0.830. The maximum Gasteiger partial charge on any atom is 0.331 e. The van der Waals surface area contributed by atoms with Crippen LogP contribution in [-0.4, -0.2) is 24.7 Å². The Labute approximate surface area is 60.7 Å². The van der Waals surface area contributed by atoms with E-state index in [1.807, 2.05) is 6.92 Å². The van der Waals surface area contributed by atoms with E-state index in [9.17, 15) is 4.79 Å². The first-order valence-corrected chi connectivity index (χ1v) is 3.16. The van der Waals surface area contributed by atoms with Gasteiger partial charge >= 0.3 is 5.97 Å². The topological polar surface area (TPSA) is 49.3 Å². The molecule has 3 nitrogen and oxygen atoms in total. The molecule has 2 N–H and O–H groups in total. The smallest absolute Gasteiger partial charge is 0.331 e. The average molecular weight is 143 g/mol. The SMILES string of the molecule is C=C(C(=O)O)C(C)CNC. The largest absolute Gasteiger partial charge is 0.478 e. The molecule has 1 atom stereocenters. The summed E-state index contributed by atoms with van der Waals surface area (Å²) in [5.74, 6) is -0.912. The predicted octanol–water partition coefficient (Wildman–Crippen LogP) is 0.483. The van der Waals surface area contributed by atoms with Gasteiger partial charge in [0.15, 0.2) is 0 Å². The van der Waals surface area contributed by atoms with Crippen molar-refractivity contribution in [3.8, 4) is 0 Å². The second-order valence-electron chi connectivity index (χ2n) is 2.29. The zero-order valence-electron chi connectivity index (χ0n) is 6.35. The molecule has 0 aliphatic heterocycles. The lowest BCUT2D eigenvalue weighted by molar-refractivity contribution is -0.133. The summed E-state index contributed by atoms with van der Waals surface area (Å²) in [6.45, 7) is 5.92. The highest BCUT2D eigenvalue weighted by molar-refractivity contribution is 5.86. The van der Waals surface area contributed by atoms with Crippen molar-refractivity contribution in [3.63, 3.8) is 0 Å². The van der Waals surface area contributed by atoms with Gasteiger partial charge in [0.05, 0.1) is 0 Å². The highest BCUT2D eigenvalue weighted by atomic mass is 16.4. The van der Waals surface area contributed by atoms with Crippen LogP contribution in [-0.2, 0) is 4.79 Å². The van der Waals surface area contributed by atoms with Gasteiger partial charge < -0.3 is 10.4 Å². The minimum atomic E-state index is -0.914. The van der Waals surface area contributed by atoms with Crippen LogP contribution in [0.4, 0.5) is 0 Å². The van der Waals surface area contributed by atoms with Crippen molar-refractivity contribution in [2.45, 2.75) is 6.92 Å². The first-order valence-electron chi connectivity index (χ1n) is 3.16. The highest BCUT2D eigenvalue weighted by Gasteiger charge is 2.11. The molecular weight excluding hydrogens is 130 g/mol. The second kappa shape index (κ2) is 4.06. The van der Waals surface area contributed by atoms with Crippen LogP contribution < -0.4 is 5.32 Å². The van der Waals surface area contributed by atoms with Gasteiger partial charge in [-0.2, -0.15) is 0 Å². The molecule has 3 heteroatoms. The Morgan fingerprint density at radius 3 is 2.60 bits per heavy atom. The fraction of sp³-hybridized carbons (Fsp3) is 0.571. The fourth-order valence-electron chi connectivity index (χ4n) is 0.640. The van der Waals surface area contributed by atoms with Crippen molar-refractivity contribution in [1.82, 2.24) is 5.32 Å². The van der Waals surface area contributed by atoms with E-state index in [1.165, 1.54) is 0 Å². The van der Waals surface area contributed by atoms with E-state index >= 15 is 0 Å². The molecular formula is C7H13NO2. The number of hydrogen-bond donors (Lipinski definition) is 2. The maximum absolute atomic E-state index is 10.3. The third kappa shape index (κ3) is 2.64. The third-order valence-corrected chi connectivity index (χ3v) is 1.38. The molecule has 0 aliphatic carbocycles. The molecule has 0 aromatic heterocycles. The van der Waals surface area contributed by atoms with Crippen molar-refractivity contribution in [1.29, 1.82) is 0 Å². The maximum atomic E-state index is 10.3. The van der Waals surface area contributed by atoms with Crippen LogP contribution >= 0.6 is 0 Å². The van der Waals surface area contributed by atoms with E-state index in [1.54, 1.807) is 7.05 Å². The molecule has 1 unspecified atom stereocenters. The summed E-state index contributed by atoms with van der Waals surface area (Å²) >= 11 is 0. The Kier molecular flexibility index (Phi) is 3.72. The van der Waals surface area contributed by atoms with Crippen LogP contribution in [0, 0.1) is 5.92 Å². The normalized spacial score (nSPS) is 12.6. The van der Waals surface area contributed by atoms with Gasteiger partial charge in [0.25, 0.3) is 0 Å². The molecule has 0 saturated heterocycles. The van der Waals surface area contributed by atoms with E-state index < -0.39 is 5.97 Å². The number of carboxylic acid groups (broad SMARTS) is 1. The second-order valence-corrected chi connectivity index (χ2v) is 2.29. The fourth-order valence-corrected chi connectivity index (χ4v) is 0.640. The molecule has 58 valence electrons. The Morgan fingerprint density at radius 2 is 2.30 bits per heavy atom. The zero-order chi connectivity index (χ0) is 8.15. The Morgan fingerprint density at radius 1 is 1.80 bits per heavy atom. The number of carboxylic acids is 1. The molecule has 0 radical (unpaired) electrons. The highest BCUT2D eigenvalue weighted by Crippen LogP contribution is 2.05. The van der Waals surface area contributed by atoms with E-state index in [0.29, 0.717) is 6.54 Å². The summed E-state index contributed by atoms with van der Waals surface area (Å²) in [5, 5.41) is 11.3. The molecule has 0 aromatic rings. The van der Waals surface area contributed by atoms with E-state index in [-0.39, 0.29) is 11.5 Å². The van der Waals surface area contributed by atoms with Gasteiger partial charge in [-0.05, 0) is 7.05 Å². The first-order chi connectivity index (χ1) is 4.59. The first kappa shape index (κ1) is 9.17. The molecule has 0 spiro atoms. The lowest BCUT2D eigenvalue weighted by atomic mass is 10.0. The number of aliphatic carboxylic acids is 1. The summed E-state index contributed by atoms with van der Waals surface area (Å²) < 4.78 is 0. The zero-order valence-corrected chi connectivity index (χ0v) is 6.35. The van der Waals surface area contributed by atoms with Gasteiger partial charge in [-0.25, -0.2) is 4.79 Å². The molecule has 0 rings (SSSR count). The van der Waals surface area contributed by atoms with Crippen molar-refractivity contribution in [2.24, 2.45) is 5.92 Å². The molecule has 0 aromatic carbocycles. The van der Waals surface area contributed by atoms with Gasteiger partial charge in [-0.15, -0.1) is 0 Å². The molecule has 0 aliphatic rings. The van der Waals surface area contributed by atoms with Crippen molar-refractivity contribution in [2.75, 3.05) is 13.6 Å². The molecule has 0 amide bonds. The van der Waals surface area contributed by atoms with Gasteiger partial charge in [0.2, 0.25) is 0 Å². The molecule has 0 saturated carbocycles. The number of carbonyl (C=O) groups is 1. The number of rotatable bonds is 4. The van der Waals surface area contributed by atoms with Crippen LogP contribution in [0.25, 0.3) is 0 Å². The lowest BCUT2D eigenvalue weighted by Crippen LogP contribution is -2.20. The van der Waals surface area contributed by atoms with E-state index in [2.05, 4.69) is 11.9 Å². The average Bonchev–Trinajstić information content (AvgIpc) is 1.87. The number of hydrogen-bond acceptors (Lipinski definition) is 2. The lowest BCUT2D eigenvalue weighted by Gasteiger charge is -2.08. The minimum Gasteiger partial charge on any atom is -0.478 e. The summed E-state index contributed by atoms with van der Waals surface area (Å²) in [7, 11) is 1.78. The van der Waals surface area contributed by atoms with Crippen LogP contribution in [0.3, 0.4) is 0 Å². The Bertz CT molecular complexity index is 143. The van der Waals surface area contributed by atoms with Gasteiger partial charge in [0, 0.05) is 18.0 Å². The monoisotopic (exact) mass is 143 g/mol. The van der Waals surface area contributed by atoms with Crippen LogP contribution in [0.2, 0.25) is 0 Å². The van der Waals surface area contributed by atoms with Crippen LogP contribution in [0.1, 0.15) is 6.92 Å². The van der Waals surface area contributed by atoms with Crippen molar-refractivity contribution in [3.05, 3.63) is 12.2 Å². The Balaban J connectivity index is 3.82. The van der Waals surface area contributed by atoms with Gasteiger partial charge in [-0.1, -0.05) is 13.5 Å². The van der Waals surface area contributed by atoms with E-state index in [0.717, 1.165) is 0 Å². The molecule has 0 fully saturated rings. The van der Waals surface area contributed by atoms with Gasteiger partial charge in [0.1, 0.15) is 0 Å². The standard InChI is InChI=1S/C7H13NO2/c1-5(4-8-3)6(2)7(9)10/h5,8H,2,4H2,1,3H3,(H,9,10).